The van der Waals surface area contributed by atoms with Crippen molar-refractivity contribution < 1.29 is 0 Å². The van der Waals surface area contributed by atoms with Gasteiger partial charge in [0.1, 0.15) is 0 Å². The van der Waals surface area contributed by atoms with Gasteiger partial charge in [-0.25, -0.2) is 0 Å². The van der Waals surface area contributed by atoms with Gasteiger partial charge in [-0.1, -0.05) is 31.9 Å². The van der Waals surface area contributed by atoms with Crippen molar-refractivity contribution in [3.05, 3.63) is 53.0 Å². The van der Waals surface area contributed by atoms with E-state index in [1.165, 1.54) is 19.8 Å². The lowest BCUT2D eigenvalue weighted by Gasteiger charge is -2.18. The van der Waals surface area contributed by atoms with Crippen molar-refractivity contribution in [2.75, 3.05) is 7.05 Å². The third kappa shape index (κ3) is 3.07. The molecule has 0 amide bonds. The number of hydrogen-bond donors (Lipinski definition) is 1. The van der Waals surface area contributed by atoms with Crippen LogP contribution in [-0.4, -0.2) is 7.05 Å². The van der Waals surface area contributed by atoms with Crippen LogP contribution in [0.4, 0.5) is 0 Å². The van der Waals surface area contributed by atoms with Crippen molar-refractivity contribution in [3.8, 4) is 0 Å². The first-order valence-corrected chi connectivity index (χ1v) is 8.60. The molecular weight excluding hydrogens is 442 g/mol. The Morgan fingerprint density at radius 2 is 1.83 bits per heavy atom. The number of hydrogen-bond acceptors (Lipinski definition) is 2. The second kappa shape index (κ2) is 6.18. The summed E-state index contributed by atoms with van der Waals surface area (Å²) in [5, 5.41) is 3.39. The molecule has 0 saturated heterocycles. The van der Waals surface area contributed by atoms with Gasteiger partial charge < -0.3 is 5.32 Å². The van der Waals surface area contributed by atoms with Gasteiger partial charge in [0.2, 0.25) is 0 Å². The van der Waals surface area contributed by atoms with Crippen LogP contribution in [0.2, 0.25) is 0 Å². The quantitative estimate of drug-likeness (QED) is 0.633. The Labute approximate surface area is 136 Å². The van der Waals surface area contributed by atoms with E-state index in [1.807, 2.05) is 13.1 Å². The Morgan fingerprint density at radius 3 is 2.39 bits per heavy atom. The first-order chi connectivity index (χ1) is 8.52. The summed E-state index contributed by atoms with van der Waals surface area (Å²) in [6.45, 7) is 2.15. The summed E-state index contributed by atoms with van der Waals surface area (Å²) in [5.74, 6) is 0. The molecule has 0 aliphatic carbocycles. The summed E-state index contributed by atoms with van der Waals surface area (Å²) in [5.41, 5.74) is 2.55. The molecule has 0 aliphatic heterocycles. The highest BCUT2D eigenvalue weighted by Gasteiger charge is 2.19. The lowest BCUT2D eigenvalue weighted by atomic mass is 10.00. The second-order valence-corrected chi connectivity index (χ2v) is 8.36. The highest BCUT2D eigenvalue weighted by atomic mass is 79.9. The maximum Gasteiger partial charge on any atom is 0.0704 e. The van der Waals surface area contributed by atoms with E-state index >= 15 is 0 Å². The molecule has 0 radical (unpaired) electrons. The molecule has 2 aromatic rings. The third-order valence-electron chi connectivity index (χ3n) is 2.79. The predicted molar refractivity (Wildman–Crippen MR) is 89.5 cm³/mol. The first kappa shape index (κ1) is 14.7. The molecule has 2 rings (SSSR count). The third-order valence-corrected chi connectivity index (χ3v) is 5.58. The lowest BCUT2D eigenvalue weighted by Crippen LogP contribution is -2.18. The van der Waals surface area contributed by atoms with Crippen LogP contribution in [0.1, 0.15) is 22.0 Å². The molecule has 1 N–H and O–H groups in total. The summed E-state index contributed by atoms with van der Waals surface area (Å²) < 4.78 is 3.38. The maximum absolute atomic E-state index is 3.63. The second-order valence-electron chi connectivity index (χ2n) is 3.95. The molecule has 0 aliphatic rings. The number of benzene rings is 1. The molecule has 0 saturated carbocycles. The van der Waals surface area contributed by atoms with E-state index in [1.54, 1.807) is 11.3 Å². The zero-order valence-electron chi connectivity index (χ0n) is 9.93. The number of thiophene rings is 1. The monoisotopic (exact) mass is 451 g/mol. The molecule has 0 spiro atoms. The molecule has 1 heterocycles. The molecule has 1 nitrogen and oxygen atoms in total. The van der Waals surface area contributed by atoms with Crippen LogP contribution < -0.4 is 5.32 Å². The number of nitrogens with one attached hydrogen (secondary N) is 1. The van der Waals surface area contributed by atoms with Gasteiger partial charge in [-0.05, 0) is 65.3 Å². The minimum Gasteiger partial charge on any atom is -0.309 e. The molecule has 0 fully saturated rings. The van der Waals surface area contributed by atoms with Gasteiger partial charge in [0, 0.05) is 13.8 Å². The fourth-order valence-electron chi connectivity index (χ4n) is 1.96. The van der Waals surface area contributed by atoms with Gasteiger partial charge in [-0.3, -0.25) is 0 Å². The highest BCUT2D eigenvalue weighted by Crippen LogP contribution is 2.36. The van der Waals surface area contributed by atoms with E-state index in [4.69, 9.17) is 0 Å². The molecule has 1 aromatic heterocycles. The lowest BCUT2D eigenvalue weighted by molar-refractivity contribution is 0.687. The van der Waals surface area contributed by atoms with Crippen LogP contribution >= 0.6 is 59.1 Å². The molecule has 1 atom stereocenters. The van der Waals surface area contributed by atoms with Gasteiger partial charge in [-0.2, -0.15) is 0 Å². The molecule has 5 heteroatoms. The van der Waals surface area contributed by atoms with Crippen LogP contribution in [0.15, 0.2) is 37.0 Å². The molecule has 1 aromatic carbocycles. The van der Waals surface area contributed by atoms with Crippen molar-refractivity contribution in [3.63, 3.8) is 0 Å². The first-order valence-electron chi connectivity index (χ1n) is 5.41. The van der Waals surface area contributed by atoms with Crippen molar-refractivity contribution in [2.24, 2.45) is 0 Å². The molecule has 18 heavy (non-hydrogen) atoms. The van der Waals surface area contributed by atoms with Crippen molar-refractivity contribution >= 4 is 59.1 Å². The van der Waals surface area contributed by atoms with Crippen LogP contribution in [0.25, 0.3) is 0 Å². The van der Waals surface area contributed by atoms with Crippen LogP contribution in [0.5, 0.6) is 0 Å². The molecular formula is C13H12Br3NS. The van der Waals surface area contributed by atoms with Crippen molar-refractivity contribution in [2.45, 2.75) is 13.0 Å². The minimum atomic E-state index is 0.194. The predicted octanol–water partition coefficient (Wildman–Crippen LogP) is 5.65. The van der Waals surface area contributed by atoms with E-state index in [2.05, 4.69) is 78.2 Å². The largest absolute Gasteiger partial charge is 0.309 e. The Balaban J connectivity index is 2.51. The molecule has 1 unspecified atom stereocenters. The smallest absolute Gasteiger partial charge is 0.0704 e. The van der Waals surface area contributed by atoms with E-state index in [0.717, 1.165) is 8.95 Å². The van der Waals surface area contributed by atoms with E-state index in [9.17, 15) is 0 Å². The summed E-state index contributed by atoms with van der Waals surface area (Å²) >= 11 is 12.5. The Hall–Kier alpha value is 0.320. The van der Waals surface area contributed by atoms with Crippen LogP contribution in [-0.2, 0) is 0 Å². The van der Waals surface area contributed by atoms with Crippen LogP contribution in [0, 0.1) is 6.92 Å². The van der Waals surface area contributed by atoms with Crippen molar-refractivity contribution in [1.29, 1.82) is 0 Å². The van der Waals surface area contributed by atoms with Gasteiger partial charge in [0.25, 0.3) is 0 Å². The van der Waals surface area contributed by atoms with E-state index in [-0.39, 0.29) is 6.04 Å². The molecule has 96 valence electrons. The van der Waals surface area contributed by atoms with Gasteiger partial charge in [0.05, 0.1) is 9.83 Å². The topological polar surface area (TPSA) is 12.0 Å². The molecule has 0 bridgehead atoms. The van der Waals surface area contributed by atoms with Crippen molar-refractivity contribution in [1.82, 2.24) is 5.32 Å². The minimum absolute atomic E-state index is 0.194. The van der Waals surface area contributed by atoms with Gasteiger partial charge >= 0.3 is 0 Å². The zero-order chi connectivity index (χ0) is 13.3. The average Bonchev–Trinajstić information content (AvgIpc) is 2.64. The summed E-state index contributed by atoms with van der Waals surface area (Å²) in [4.78, 5) is 1.33. The summed E-state index contributed by atoms with van der Waals surface area (Å²) in [6.07, 6.45) is 0. The maximum atomic E-state index is 3.63. The summed E-state index contributed by atoms with van der Waals surface area (Å²) in [7, 11) is 1.99. The van der Waals surface area contributed by atoms with E-state index < -0.39 is 0 Å². The van der Waals surface area contributed by atoms with E-state index in [0.29, 0.717) is 0 Å². The summed E-state index contributed by atoms with van der Waals surface area (Å²) in [6, 6.07) is 8.64. The average molecular weight is 454 g/mol. The fourth-order valence-corrected chi connectivity index (χ4v) is 4.56. The normalized spacial score (nSPS) is 12.7. The number of aryl methyl sites for hydroxylation is 1. The highest BCUT2D eigenvalue weighted by molar-refractivity contribution is 9.11. The number of rotatable bonds is 3. The zero-order valence-corrected chi connectivity index (χ0v) is 15.5. The Kier molecular flexibility index (Phi) is 5.06. The SMILES string of the molecule is CNC(c1cc(Br)ccc1Br)c1cc(Br)sc1C. The van der Waals surface area contributed by atoms with Gasteiger partial charge in [0.15, 0.2) is 0 Å². The Bertz CT molecular complexity index is 565. The standard InChI is InChI=1S/C13H12Br3NS/c1-7-9(6-12(16)18-7)13(17-2)10-5-8(14)3-4-11(10)15/h3-6,13,17H,1-2H3. The number of halogens is 3. The Morgan fingerprint density at radius 1 is 1.11 bits per heavy atom. The fraction of sp³-hybridized carbons (Fsp3) is 0.231. The van der Waals surface area contributed by atoms with Gasteiger partial charge in [-0.15, -0.1) is 11.3 Å². The van der Waals surface area contributed by atoms with Crippen LogP contribution in [0.3, 0.4) is 0 Å².